The van der Waals surface area contributed by atoms with Crippen LogP contribution in [0.15, 0.2) is 24.3 Å². The van der Waals surface area contributed by atoms with E-state index >= 15 is 0 Å². The van der Waals surface area contributed by atoms with Gasteiger partial charge in [0.25, 0.3) is 5.91 Å². The Balaban J connectivity index is 1.99. The van der Waals surface area contributed by atoms with Crippen LogP contribution in [-0.2, 0) is 11.2 Å². The lowest BCUT2D eigenvalue weighted by Crippen LogP contribution is -2.32. The van der Waals surface area contributed by atoms with Gasteiger partial charge in [0.05, 0.1) is 0 Å². The Morgan fingerprint density at radius 2 is 1.83 bits per heavy atom. The third-order valence-corrected chi connectivity index (χ3v) is 2.98. The van der Waals surface area contributed by atoms with Crippen LogP contribution in [0.1, 0.15) is 42.6 Å². The maximum absolute atomic E-state index is 11.8. The van der Waals surface area contributed by atoms with Crippen LogP contribution in [0.2, 0.25) is 0 Å². The molecule has 0 aromatic heterocycles. The van der Waals surface area contributed by atoms with Crippen LogP contribution in [0.5, 0.6) is 0 Å². The van der Waals surface area contributed by atoms with Crippen LogP contribution in [0.25, 0.3) is 0 Å². The minimum atomic E-state index is -0.478. The number of nitrogens with one attached hydrogen (secondary N) is 1. The highest BCUT2D eigenvalue weighted by Gasteiger charge is 2.26. The number of ketones is 1. The number of Topliss-reactive ketones (excluding diaryl/α,β-unsaturated/α-hetero) is 1. The Morgan fingerprint density at radius 1 is 1.22 bits per heavy atom. The van der Waals surface area contributed by atoms with E-state index in [4.69, 9.17) is 0 Å². The van der Waals surface area contributed by atoms with Gasteiger partial charge in [-0.05, 0) is 30.7 Å². The van der Waals surface area contributed by atoms with Crippen molar-refractivity contribution in [2.45, 2.75) is 39.2 Å². The van der Waals surface area contributed by atoms with Gasteiger partial charge in [0.15, 0.2) is 0 Å². The van der Waals surface area contributed by atoms with E-state index < -0.39 is 11.7 Å². The van der Waals surface area contributed by atoms with Crippen molar-refractivity contribution in [2.75, 3.05) is 0 Å². The van der Waals surface area contributed by atoms with E-state index in [9.17, 15) is 9.59 Å². The summed E-state index contributed by atoms with van der Waals surface area (Å²) in [4.78, 5) is 23.4. The first-order valence-corrected chi connectivity index (χ1v) is 6.50. The van der Waals surface area contributed by atoms with Crippen molar-refractivity contribution in [3.8, 4) is 0 Å². The molecule has 1 amide bonds. The van der Waals surface area contributed by atoms with Crippen LogP contribution in [0.4, 0.5) is 0 Å². The molecule has 1 aromatic rings. The fraction of sp³-hybridized carbons (Fsp3) is 0.467. The minimum absolute atomic E-state index is 0.224. The molecule has 18 heavy (non-hydrogen) atoms. The number of amides is 1. The number of rotatable bonds is 5. The van der Waals surface area contributed by atoms with E-state index in [0.29, 0.717) is 11.5 Å². The van der Waals surface area contributed by atoms with E-state index in [-0.39, 0.29) is 6.04 Å². The maximum atomic E-state index is 11.8. The molecule has 1 saturated carbocycles. The monoisotopic (exact) mass is 245 g/mol. The molecule has 0 aliphatic heterocycles. The predicted octanol–water partition coefficient (Wildman–Crippen LogP) is 2.35. The van der Waals surface area contributed by atoms with Gasteiger partial charge in [0.2, 0.25) is 5.78 Å². The average Bonchev–Trinajstić information content (AvgIpc) is 3.12. The van der Waals surface area contributed by atoms with Crippen molar-refractivity contribution in [1.29, 1.82) is 0 Å². The van der Waals surface area contributed by atoms with Gasteiger partial charge in [-0.15, -0.1) is 0 Å². The van der Waals surface area contributed by atoms with Gasteiger partial charge in [-0.3, -0.25) is 9.59 Å². The van der Waals surface area contributed by atoms with E-state index in [1.807, 2.05) is 12.1 Å². The normalized spacial score (nSPS) is 14.6. The molecule has 1 aromatic carbocycles. The highest BCUT2D eigenvalue weighted by molar-refractivity contribution is 6.42. The van der Waals surface area contributed by atoms with Crippen molar-refractivity contribution in [3.05, 3.63) is 35.4 Å². The van der Waals surface area contributed by atoms with E-state index in [1.165, 1.54) is 5.56 Å². The molecule has 0 bridgehead atoms. The zero-order chi connectivity index (χ0) is 13.1. The van der Waals surface area contributed by atoms with E-state index in [2.05, 4.69) is 19.2 Å². The fourth-order valence-electron chi connectivity index (χ4n) is 1.87. The third kappa shape index (κ3) is 3.42. The second kappa shape index (κ2) is 5.34. The van der Waals surface area contributed by atoms with Crippen LogP contribution >= 0.6 is 0 Å². The summed E-state index contributed by atoms with van der Waals surface area (Å²) >= 11 is 0. The van der Waals surface area contributed by atoms with Gasteiger partial charge < -0.3 is 5.32 Å². The first-order valence-electron chi connectivity index (χ1n) is 6.50. The average molecular weight is 245 g/mol. The highest BCUT2D eigenvalue weighted by Crippen LogP contribution is 2.19. The first kappa shape index (κ1) is 12.8. The number of hydrogen-bond donors (Lipinski definition) is 1. The van der Waals surface area contributed by atoms with Crippen molar-refractivity contribution < 1.29 is 9.59 Å². The number of carbonyl (C=O) groups excluding carboxylic acids is 2. The number of benzene rings is 1. The fourth-order valence-corrected chi connectivity index (χ4v) is 1.87. The molecular weight excluding hydrogens is 226 g/mol. The second-order valence-electron chi connectivity index (χ2n) is 5.37. The quantitative estimate of drug-likeness (QED) is 0.639. The van der Waals surface area contributed by atoms with Gasteiger partial charge in [-0.1, -0.05) is 38.1 Å². The van der Waals surface area contributed by atoms with Crippen molar-refractivity contribution >= 4 is 11.7 Å². The lowest BCUT2D eigenvalue weighted by Gasteiger charge is -2.06. The van der Waals surface area contributed by atoms with Crippen molar-refractivity contribution in [2.24, 2.45) is 5.92 Å². The molecule has 1 N–H and O–H groups in total. The van der Waals surface area contributed by atoms with Crippen LogP contribution in [-0.4, -0.2) is 17.7 Å². The summed E-state index contributed by atoms with van der Waals surface area (Å²) in [5, 5.41) is 2.71. The lowest BCUT2D eigenvalue weighted by atomic mass is 10.0. The molecule has 3 nitrogen and oxygen atoms in total. The van der Waals surface area contributed by atoms with Gasteiger partial charge in [0, 0.05) is 11.6 Å². The molecule has 0 spiro atoms. The minimum Gasteiger partial charge on any atom is -0.346 e. The van der Waals surface area contributed by atoms with Gasteiger partial charge >= 0.3 is 0 Å². The summed E-state index contributed by atoms with van der Waals surface area (Å²) in [6.07, 6.45) is 2.97. The summed E-state index contributed by atoms with van der Waals surface area (Å²) in [5.74, 6) is -0.322. The molecular formula is C15H19NO2. The maximum Gasteiger partial charge on any atom is 0.292 e. The molecule has 0 radical (unpaired) electrons. The molecule has 1 fully saturated rings. The Hall–Kier alpha value is -1.64. The highest BCUT2D eigenvalue weighted by atomic mass is 16.2. The predicted molar refractivity (Wildman–Crippen MR) is 70.5 cm³/mol. The third-order valence-electron chi connectivity index (χ3n) is 2.98. The summed E-state index contributed by atoms with van der Waals surface area (Å²) < 4.78 is 0. The van der Waals surface area contributed by atoms with E-state index in [1.54, 1.807) is 12.1 Å². The standard InChI is InChI=1S/C15H19NO2/c1-10(2)9-11-3-5-12(6-4-11)14(17)15(18)16-13-7-8-13/h3-6,10,13H,7-9H2,1-2H3,(H,16,18). The molecule has 96 valence electrons. The molecule has 0 unspecified atom stereocenters. The molecule has 0 heterocycles. The van der Waals surface area contributed by atoms with Crippen molar-refractivity contribution in [1.82, 2.24) is 5.32 Å². The molecule has 2 rings (SSSR count). The Kier molecular flexibility index (Phi) is 3.80. The zero-order valence-electron chi connectivity index (χ0n) is 10.9. The van der Waals surface area contributed by atoms with Crippen LogP contribution in [0, 0.1) is 5.92 Å². The Labute approximate surface area is 108 Å². The van der Waals surface area contributed by atoms with E-state index in [0.717, 1.165) is 19.3 Å². The van der Waals surface area contributed by atoms with Gasteiger partial charge in [-0.25, -0.2) is 0 Å². The van der Waals surface area contributed by atoms with Crippen LogP contribution in [0.3, 0.4) is 0 Å². The second-order valence-corrected chi connectivity index (χ2v) is 5.37. The smallest absolute Gasteiger partial charge is 0.292 e. The summed E-state index contributed by atoms with van der Waals surface area (Å²) in [5.41, 5.74) is 1.67. The molecule has 1 aliphatic carbocycles. The Morgan fingerprint density at radius 3 is 2.33 bits per heavy atom. The van der Waals surface area contributed by atoms with Gasteiger partial charge in [0.1, 0.15) is 0 Å². The van der Waals surface area contributed by atoms with Crippen molar-refractivity contribution in [3.63, 3.8) is 0 Å². The molecule has 1 aliphatic rings. The number of hydrogen-bond acceptors (Lipinski definition) is 2. The summed E-state index contributed by atoms with van der Waals surface area (Å²) in [6.45, 7) is 4.31. The van der Waals surface area contributed by atoms with Gasteiger partial charge in [-0.2, -0.15) is 0 Å². The summed E-state index contributed by atoms with van der Waals surface area (Å²) in [6, 6.07) is 7.57. The largest absolute Gasteiger partial charge is 0.346 e. The molecule has 0 atom stereocenters. The number of carbonyl (C=O) groups is 2. The van der Waals surface area contributed by atoms with Crippen LogP contribution < -0.4 is 5.32 Å². The molecule has 3 heteroatoms. The Bertz CT molecular complexity index is 444. The topological polar surface area (TPSA) is 46.2 Å². The zero-order valence-corrected chi connectivity index (χ0v) is 10.9. The SMILES string of the molecule is CC(C)Cc1ccc(C(=O)C(=O)NC2CC2)cc1. The summed E-state index contributed by atoms with van der Waals surface area (Å²) in [7, 11) is 0. The lowest BCUT2D eigenvalue weighted by molar-refractivity contribution is -0.117. The first-order chi connectivity index (χ1) is 8.56. The molecule has 0 saturated heterocycles.